The van der Waals surface area contributed by atoms with Crippen LogP contribution in [0.1, 0.15) is 58.3 Å². The first-order valence-corrected chi connectivity index (χ1v) is 6.47. The van der Waals surface area contributed by atoms with Crippen LogP contribution in [0, 0.1) is 0 Å². The van der Waals surface area contributed by atoms with E-state index in [4.69, 9.17) is 10.3 Å². The third-order valence-electron chi connectivity index (χ3n) is 2.50. The normalized spacial score (nSPS) is 9.71. The number of hydrogen-bond donors (Lipinski definition) is 0. The minimum Gasteiger partial charge on any atom is -0.466 e. The molecule has 0 aromatic carbocycles. The number of carbonyl (C=O) groups is 1. The Morgan fingerprint density at radius 3 is 2.47 bits per heavy atom. The molecule has 0 radical (unpaired) electrons. The second-order valence-corrected chi connectivity index (χ2v) is 4.05. The van der Waals surface area contributed by atoms with Crippen LogP contribution in [0.3, 0.4) is 0 Å². The largest absolute Gasteiger partial charge is 0.466 e. The fourth-order valence-corrected chi connectivity index (χ4v) is 1.54. The molecule has 0 saturated carbocycles. The van der Waals surface area contributed by atoms with Gasteiger partial charge in [-0.25, -0.2) is 0 Å². The predicted octanol–water partition coefficient (Wildman–Crippen LogP) is 3.98. The summed E-state index contributed by atoms with van der Waals surface area (Å²) in [5.74, 6) is -0.188. The number of nitrogens with zero attached hydrogens (tertiary/aromatic N) is 3. The van der Waals surface area contributed by atoms with Crippen LogP contribution in [-0.4, -0.2) is 19.1 Å². The van der Waals surface area contributed by atoms with Gasteiger partial charge in [-0.05, 0) is 12.0 Å². The highest BCUT2D eigenvalue weighted by molar-refractivity contribution is 5.69. The molecular weight excluding hydrogens is 218 g/mol. The molecule has 0 aliphatic heterocycles. The van der Waals surface area contributed by atoms with Gasteiger partial charge < -0.3 is 4.74 Å². The Morgan fingerprint density at radius 1 is 1.18 bits per heavy atom. The molecule has 0 N–H and O–H groups in total. The van der Waals surface area contributed by atoms with Crippen molar-refractivity contribution >= 4 is 5.97 Å². The van der Waals surface area contributed by atoms with E-state index in [0.29, 0.717) is 6.42 Å². The maximum atomic E-state index is 11.2. The molecule has 0 amide bonds. The van der Waals surface area contributed by atoms with Crippen LogP contribution in [-0.2, 0) is 9.53 Å². The molecule has 0 atom stereocenters. The molecule has 0 spiro atoms. The van der Waals surface area contributed by atoms with Crippen molar-refractivity contribution in [1.29, 1.82) is 0 Å². The number of unbranched alkanes of at least 4 members (excludes halogenated alkanes) is 6. The van der Waals surface area contributed by atoms with Crippen LogP contribution in [0.25, 0.3) is 10.4 Å². The Labute approximate surface area is 103 Å². The zero-order chi connectivity index (χ0) is 12.8. The second-order valence-electron chi connectivity index (χ2n) is 4.05. The van der Waals surface area contributed by atoms with Gasteiger partial charge in [0, 0.05) is 11.3 Å². The average molecular weight is 241 g/mol. The Balaban J connectivity index is 3.19. The van der Waals surface area contributed by atoms with Crippen LogP contribution in [0.4, 0.5) is 0 Å². The fraction of sp³-hybridized carbons (Fsp3) is 0.917. The van der Waals surface area contributed by atoms with Crippen molar-refractivity contribution in [2.24, 2.45) is 5.11 Å². The molecule has 98 valence electrons. The molecule has 0 saturated heterocycles. The van der Waals surface area contributed by atoms with Crippen LogP contribution >= 0.6 is 0 Å². The summed E-state index contributed by atoms with van der Waals surface area (Å²) in [5.41, 5.74) is 8.01. The van der Waals surface area contributed by atoms with E-state index in [1.54, 1.807) is 0 Å². The Bertz CT molecular complexity index is 238. The first-order chi connectivity index (χ1) is 8.31. The lowest BCUT2D eigenvalue weighted by atomic mass is 10.1. The van der Waals surface area contributed by atoms with Gasteiger partial charge in [0.25, 0.3) is 0 Å². The number of ether oxygens (including phenoxy) is 1. The van der Waals surface area contributed by atoms with Crippen LogP contribution in [0.5, 0.6) is 0 Å². The van der Waals surface area contributed by atoms with Gasteiger partial charge in [-0.15, -0.1) is 0 Å². The standard InChI is InChI=1S/C12H23N3O2/c1-2-3-4-5-6-7-8-9-12(16)17-11-10-14-15-13/h2-11H2,1H3. The topological polar surface area (TPSA) is 75.1 Å². The molecular formula is C12H23N3O2. The monoisotopic (exact) mass is 241 g/mol. The first-order valence-electron chi connectivity index (χ1n) is 6.47. The molecule has 5 nitrogen and oxygen atoms in total. The van der Waals surface area contributed by atoms with Crippen molar-refractivity contribution in [2.75, 3.05) is 13.2 Å². The highest BCUT2D eigenvalue weighted by Gasteiger charge is 2.01. The lowest BCUT2D eigenvalue weighted by molar-refractivity contribution is -0.143. The maximum Gasteiger partial charge on any atom is 0.305 e. The van der Waals surface area contributed by atoms with E-state index in [9.17, 15) is 4.79 Å². The summed E-state index contributed by atoms with van der Waals surface area (Å²) in [6.07, 6.45) is 8.80. The van der Waals surface area contributed by atoms with Gasteiger partial charge in [-0.1, -0.05) is 50.6 Å². The van der Waals surface area contributed by atoms with Gasteiger partial charge >= 0.3 is 5.97 Å². The lowest BCUT2D eigenvalue weighted by Gasteiger charge is -2.03. The Morgan fingerprint density at radius 2 is 1.82 bits per heavy atom. The second kappa shape index (κ2) is 12.8. The van der Waals surface area contributed by atoms with Gasteiger partial charge in [-0.2, -0.15) is 0 Å². The predicted molar refractivity (Wildman–Crippen MR) is 67.6 cm³/mol. The summed E-state index contributed by atoms with van der Waals surface area (Å²) in [6.45, 7) is 2.62. The van der Waals surface area contributed by atoms with Crippen molar-refractivity contribution in [3.8, 4) is 0 Å². The van der Waals surface area contributed by atoms with Gasteiger partial charge in [0.1, 0.15) is 0 Å². The average Bonchev–Trinajstić information content (AvgIpc) is 2.33. The molecule has 0 unspecified atom stereocenters. The molecule has 0 fully saturated rings. The van der Waals surface area contributed by atoms with Gasteiger partial charge in [0.2, 0.25) is 0 Å². The number of azide groups is 1. The SMILES string of the molecule is CCCCCCCCCC(=O)OCCN=[N+]=[N-]. The van der Waals surface area contributed by atoms with E-state index in [0.717, 1.165) is 12.8 Å². The summed E-state index contributed by atoms with van der Waals surface area (Å²) in [4.78, 5) is 13.8. The molecule has 17 heavy (non-hydrogen) atoms. The van der Waals surface area contributed by atoms with Gasteiger partial charge in [0.05, 0.1) is 13.2 Å². The Hall–Kier alpha value is -1.22. The molecule has 0 bridgehead atoms. The first kappa shape index (κ1) is 15.8. The smallest absolute Gasteiger partial charge is 0.305 e. The molecule has 0 aromatic rings. The van der Waals surface area contributed by atoms with E-state index < -0.39 is 0 Å². The van der Waals surface area contributed by atoms with Gasteiger partial charge in [0.15, 0.2) is 0 Å². The summed E-state index contributed by atoms with van der Waals surface area (Å²) in [5, 5.41) is 3.29. The zero-order valence-electron chi connectivity index (χ0n) is 10.7. The van der Waals surface area contributed by atoms with E-state index in [1.165, 1.54) is 32.1 Å². The minimum atomic E-state index is -0.188. The van der Waals surface area contributed by atoms with Crippen molar-refractivity contribution in [3.63, 3.8) is 0 Å². The van der Waals surface area contributed by atoms with Crippen molar-refractivity contribution < 1.29 is 9.53 Å². The number of carbonyl (C=O) groups excluding carboxylic acids is 1. The number of rotatable bonds is 11. The van der Waals surface area contributed by atoms with E-state index in [1.807, 2.05) is 0 Å². The molecule has 0 aromatic heterocycles. The van der Waals surface area contributed by atoms with Crippen molar-refractivity contribution in [3.05, 3.63) is 10.4 Å². The van der Waals surface area contributed by atoms with Crippen LogP contribution in [0.2, 0.25) is 0 Å². The molecule has 5 heteroatoms. The third-order valence-corrected chi connectivity index (χ3v) is 2.50. The summed E-state index contributed by atoms with van der Waals surface area (Å²) < 4.78 is 4.89. The summed E-state index contributed by atoms with van der Waals surface area (Å²) in [7, 11) is 0. The maximum absolute atomic E-state index is 11.2. The lowest BCUT2D eigenvalue weighted by Crippen LogP contribution is -2.07. The number of hydrogen-bond acceptors (Lipinski definition) is 3. The Kier molecular flexibility index (Phi) is 11.9. The van der Waals surface area contributed by atoms with E-state index >= 15 is 0 Å². The zero-order valence-corrected chi connectivity index (χ0v) is 10.7. The summed E-state index contributed by atoms with van der Waals surface area (Å²) >= 11 is 0. The van der Waals surface area contributed by atoms with Crippen LogP contribution < -0.4 is 0 Å². The highest BCUT2D eigenvalue weighted by Crippen LogP contribution is 2.08. The fourth-order valence-electron chi connectivity index (χ4n) is 1.54. The van der Waals surface area contributed by atoms with Crippen LogP contribution in [0.15, 0.2) is 5.11 Å². The van der Waals surface area contributed by atoms with Gasteiger partial charge in [-0.3, -0.25) is 4.79 Å². The molecule has 0 rings (SSSR count). The molecule has 0 aliphatic rings. The van der Waals surface area contributed by atoms with Crippen molar-refractivity contribution in [1.82, 2.24) is 0 Å². The molecule has 0 heterocycles. The molecule has 0 aliphatic carbocycles. The van der Waals surface area contributed by atoms with E-state index in [-0.39, 0.29) is 19.1 Å². The highest BCUT2D eigenvalue weighted by atomic mass is 16.5. The summed E-state index contributed by atoms with van der Waals surface area (Å²) in [6, 6.07) is 0. The third kappa shape index (κ3) is 12.7. The minimum absolute atomic E-state index is 0.188. The van der Waals surface area contributed by atoms with Crippen molar-refractivity contribution in [2.45, 2.75) is 58.3 Å². The quantitative estimate of drug-likeness (QED) is 0.180. The van der Waals surface area contributed by atoms with E-state index in [2.05, 4.69) is 16.9 Å². The number of esters is 1.